The van der Waals surface area contributed by atoms with E-state index in [1.165, 1.54) is 22.3 Å². The van der Waals surface area contributed by atoms with Crippen molar-refractivity contribution < 1.29 is 8.42 Å². The van der Waals surface area contributed by atoms with E-state index in [0.29, 0.717) is 6.42 Å². The number of nitrogens with one attached hydrogen (secondary N) is 1. The fourth-order valence-corrected chi connectivity index (χ4v) is 7.20. The van der Waals surface area contributed by atoms with Crippen LogP contribution in [0.1, 0.15) is 40.8 Å². The number of nitrogens with zero attached hydrogens (tertiary/aromatic N) is 1. The van der Waals surface area contributed by atoms with Crippen LogP contribution < -0.4 is 5.32 Å². The highest BCUT2D eigenvalue weighted by molar-refractivity contribution is 7.91. The Labute approximate surface area is 220 Å². The first-order valence-electron chi connectivity index (χ1n) is 13.0. The third-order valence-electron chi connectivity index (χ3n) is 7.22. The molecule has 0 saturated carbocycles. The SMILES string of the molecule is O=S1(=O)CC[C@@H](N(CCNC(c2ccccc2)c2ccccc2)C(c2ccccc2)c2ccccc2)C1. The number of hydrogen-bond acceptors (Lipinski definition) is 4. The van der Waals surface area contributed by atoms with Gasteiger partial charge in [-0.1, -0.05) is 121 Å². The molecule has 1 atom stereocenters. The van der Waals surface area contributed by atoms with Crippen LogP contribution >= 0.6 is 0 Å². The van der Waals surface area contributed by atoms with Crippen LogP contribution in [-0.4, -0.2) is 44.0 Å². The van der Waals surface area contributed by atoms with Crippen LogP contribution in [0.2, 0.25) is 0 Å². The second-order valence-corrected chi connectivity index (χ2v) is 12.0. The Morgan fingerprint density at radius 3 is 1.51 bits per heavy atom. The first-order valence-corrected chi connectivity index (χ1v) is 14.8. The lowest BCUT2D eigenvalue weighted by Gasteiger charge is -2.37. The molecule has 4 aromatic rings. The summed E-state index contributed by atoms with van der Waals surface area (Å²) in [5, 5.41) is 3.79. The molecule has 5 heteroatoms. The molecular formula is C32H34N2O2S. The molecule has 190 valence electrons. The molecule has 0 radical (unpaired) electrons. The Balaban J connectivity index is 1.45. The molecule has 0 aromatic heterocycles. The van der Waals surface area contributed by atoms with Crippen LogP contribution in [-0.2, 0) is 9.84 Å². The fourth-order valence-electron chi connectivity index (χ4n) is 5.46. The van der Waals surface area contributed by atoms with Crippen LogP contribution in [0.3, 0.4) is 0 Å². The summed E-state index contributed by atoms with van der Waals surface area (Å²) in [6.45, 7) is 1.45. The maximum atomic E-state index is 12.6. The Morgan fingerprint density at radius 1 is 0.676 bits per heavy atom. The molecule has 1 N–H and O–H groups in total. The lowest BCUT2D eigenvalue weighted by atomic mass is 9.95. The monoisotopic (exact) mass is 510 g/mol. The Bertz CT molecular complexity index is 1270. The third kappa shape index (κ3) is 6.37. The van der Waals surface area contributed by atoms with E-state index in [9.17, 15) is 8.42 Å². The highest BCUT2D eigenvalue weighted by atomic mass is 32.2. The van der Waals surface area contributed by atoms with Crippen molar-refractivity contribution >= 4 is 9.84 Å². The first kappa shape index (κ1) is 25.4. The van der Waals surface area contributed by atoms with Crippen molar-refractivity contribution in [1.82, 2.24) is 10.2 Å². The molecule has 1 heterocycles. The van der Waals surface area contributed by atoms with Gasteiger partial charge in [0.1, 0.15) is 0 Å². The maximum Gasteiger partial charge on any atom is 0.151 e. The van der Waals surface area contributed by atoms with Crippen molar-refractivity contribution in [1.29, 1.82) is 0 Å². The fraction of sp³-hybridized carbons (Fsp3) is 0.250. The van der Waals surface area contributed by atoms with Crippen molar-refractivity contribution in [2.24, 2.45) is 0 Å². The smallest absolute Gasteiger partial charge is 0.151 e. The predicted octanol–water partition coefficient (Wildman–Crippen LogP) is 5.64. The summed E-state index contributed by atoms with van der Waals surface area (Å²) in [6, 6.07) is 41.9. The molecule has 1 saturated heterocycles. The molecule has 4 aromatic carbocycles. The zero-order valence-corrected chi connectivity index (χ0v) is 21.8. The van der Waals surface area contributed by atoms with E-state index in [-0.39, 0.29) is 29.6 Å². The summed E-state index contributed by atoms with van der Waals surface area (Å²) in [5.41, 5.74) is 4.79. The van der Waals surface area contributed by atoms with E-state index in [4.69, 9.17) is 0 Å². The van der Waals surface area contributed by atoms with E-state index in [0.717, 1.165) is 13.1 Å². The van der Waals surface area contributed by atoms with Gasteiger partial charge in [0.25, 0.3) is 0 Å². The lowest BCUT2D eigenvalue weighted by molar-refractivity contribution is 0.169. The number of benzene rings is 4. The van der Waals surface area contributed by atoms with Gasteiger partial charge in [0, 0.05) is 19.1 Å². The molecule has 0 amide bonds. The van der Waals surface area contributed by atoms with Crippen LogP contribution in [0, 0.1) is 0 Å². The van der Waals surface area contributed by atoms with E-state index >= 15 is 0 Å². The minimum absolute atomic E-state index is 0.0191. The van der Waals surface area contributed by atoms with Gasteiger partial charge in [-0.2, -0.15) is 0 Å². The minimum Gasteiger partial charge on any atom is -0.305 e. The first-order chi connectivity index (χ1) is 18.1. The lowest BCUT2D eigenvalue weighted by Crippen LogP contribution is -2.44. The van der Waals surface area contributed by atoms with Crippen LogP contribution in [0.15, 0.2) is 121 Å². The minimum atomic E-state index is -3.03. The average Bonchev–Trinajstić information content (AvgIpc) is 3.31. The average molecular weight is 511 g/mol. The Hall–Kier alpha value is -3.25. The van der Waals surface area contributed by atoms with Gasteiger partial charge in [0.2, 0.25) is 0 Å². The molecule has 1 fully saturated rings. The summed E-state index contributed by atoms with van der Waals surface area (Å²) in [7, 11) is -3.03. The Kier molecular flexibility index (Phi) is 8.15. The van der Waals surface area contributed by atoms with Crippen LogP contribution in [0.5, 0.6) is 0 Å². The molecule has 37 heavy (non-hydrogen) atoms. The summed E-state index contributed by atoms with van der Waals surface area (Å²) in [6.07, 6.45) is 0.666. The molecule has 4 nitrogen and oxygen atoms in total. The quantitative estimate of drug-likeness (QED) is 0.300. The molecule has 5 rings (SSSR count). The van der Waals surface area contributed by atoms with Gasteiger partial charge in [-0.15, -0.1) is 0 Å². The number of hydrogen-bond donors (Lipinski definition) is 1. The van der Waals surface area contributed by atoms with Crippen LogP contribution in [0.25, 0.3) is 0 Å². The highest BCUT2D eigenvalue weighted by Crippen LogP contribution is 2.33. The van der Waals surface area contributed by atoms with Gasteiger partial charge < -0.3 is 5.32 Å². The molecule has 0 bridgehead atoms. The standard InChI is InChI=1S/C32H34N2O2S/c35-37(36)24-21-30(25-37)34(32(28-17-9-3-10-18-28)29-19-11-4-12-20-29)23-22-33-31(26-13-5-1-6-14-26)27-15-7-2-8-16-27/h1-20,30-33H,21-25H2/t30-/m1/s1. The summed E-state index contributed by atoms with van der Waals surface area (Å²) < 4.78 is 25.1. The van der Waals surface area contributed by atoms with Gasteiger partial charge in [0.05, 0.1) is 23.6 Å². The highest BCUT2D eigenvalue weighted by Gasteiger charge is 2.36. The van der Waals surface area contributed by atoms with Crippen LogP contribution in [0.4, 0.5) is 0 Å². The molecule has 1 aliphatic rings. The second-order valence-electron chi connectivity index (χ2n) is 9.73. The van der Waals surface area contributed by atoms with E-state index in [1.807, 2.05) is 24.3 Å². The summed E-state index contributed by atoms with van der Waals surface area (Å²) in [4.78, 5) is 2.41. The van der Waals surface area contributed by atoms with E-state index in [2.05, 4.69) is 107 Å². The van der Waals surface area contributed by atoms with Gasteiger partial charge in [0.15, 0.2) is 9.84 Å². The topological polar surface area (TPSA) is 49.4 Å². The van der Waals surface area contributed by atoms with Gasteiger partial charge >= 0.3 is 0 Å². The van der Waals surface area contributed by atoms with Gasteiger partial charge in [-0.3, -0.25) is 4.90 Å². The van der Waals surface area contributed by atoms with E-state index < -0.39 is 9.84 Å². The van der Waals surface area contributed by atoms with Crippen molar-refractivity contribution in [3.05, 3.63) is 144 Å². The molecule has 0 aliphatic carbocycles. The maximum absolute atomic E-state index is 12.6. The largest absolute Gasteiger partial charge is 0.305 e. The van der Waals surface area contributed by atoms with Crippen molar-refractivity contribution in [2.75, 3.05) is 24.6 Å². The zero-order valence-electron chi connectivity index (χ0n) is 21.0. The molecule has 0 spiro atoms. The van der Waals surface area contributed by atoms with Crippen molar-refractivity contribution in [3.8, 4) is 0 Å². The molecule has 0 unspecified atom stereocenters. The predicted molar refractivity (Wildman–Crippen MR) is 151 cm³/mol. The number of sulfone groups is 1. The Morgan fingerprint density at radius 2 is 1.11 bits per heavy atom. The van der Waals surface area contributed by atoms with Gasteiger partial charge in [-0.25, -0.2) is 8.42 Å². The van der Waals surface area contributed by atoms with E-state index in [1.54, 1.807) is 0 Å². The zero-order chi connectivity index (χ0) is 25.5. The van der Waals surface area contributed by atoms with Crippen molar-refractivity contribution in [2.45, 2.75) is 24.5 Å². The molecular weight excluding hydrogens is 476 g/mol. The summed E-state index contributed by atoms with van der Waals surface area (Å²) >= 11 is 0. The third-order valence-corrected chi connectivity index (χ3v) is 8.97. The normalized spacial score (nSPS) is 17.0. The summed E-state index contributed by atoms with van der Waals surface area (Å²) in [5.74, 6) is 0.471. The van der Waals surface area contributed by atoms with Gasteiger partial charge in [-0.05, 0) is 28.7 Å². The number of rotatable bonds is 10. The second kappa shape index (κ2) is 11.9. The molecule has 1 aliphatic heterocycles. The van der Waals surface area contributed by atoms with Crippen molar-refractivity contribution in [3.63, 3.8) is 0 Å².